The number of aromatic nitrogens is 5. The third-order valence-electron chi connectivity index (χ3n) is 6.62. The number of para-hydroxylation sites is 1. The minimum Gasteiger partial charge on any atom is -0.344 e. The number of carbonyl (C=O) groups is 1. The van der Waals surface area contributed by atoms with Crippen molar-refractivity contribution < 1.29 is 4.79 Å². The molecule has 1 N–H and O–H groups in total. The van der Waals surface area contributed by atoms with Gasteiger partial charge in [-0.15, -0.1) is 11.3 Å². The zero-order valence-electron chi connectivity index (χ0n) is 22.0. The number of hydrogen-bond acceptors (Lipinski definition) is 6. The first kappa shape index (κ1) is 25.2. The summed E-state index contributed by atoms with van der Waals surface area (Å²) in [6.45, 7) is 5.57. The Hall–Kier alpha value is -5.07. The third kappa shape index (κ3) is 4.55. The van der Waals surface area contributed by atoms with Crippen LogP contribution in [0.3, 0.4) is 0 Å². The van der Waals surface area contributed by atoms with E-state index in [4.69, 9.17) is 0 Å². The Morgan fingerprint density at radius 1 is 1.05 bits per heavy atom. The minimum atomic E-state index is -0.518. The Morgan fingerprint density at radius 3 is 2.65 bits per heavy atom. The van der Waals surface area contributed by atoms with Gasteiger partial charge in [-0.25, -0.2) is 14.5 Å². The molecule has 8 nitrogen and oxygen atoms in total. The first-order valence-corrected chi connectivity index (χ1v) is 13.6. The maximum Gasteiger partial charge on any atom is 0.264 e. The zero-order valence-corrected chi connectivity index (χ0v) is 22.9. The van der Waals surface area contributed by atoms with Gasteiger partial charge in [-0.3, -0.25) is 14.2 Å². The predicted octanol–water partition coefficient (Wildman–Crippen LogP) is 5.00. The van der Waals surface area contributed by atoms with E-state index in [1.54, 1.807) is 34.5 Å². The molecule has 40 heavy (non-hydrogen) atoms. The summed E-state index contributed by atoms with van der Waals surface area (Å²) >= 11 is 1.53. The third-order valence-corrected chi connectivity index (χ3v) is 7.40. The van der Waals surface area contributed by atoms with Crippen LogP contribution >= 0.6 is 11.3 Å². The Morgan fingerprint density at radius 2 is 1.88 bits per heavy atom. The number of fused-ring (bicyclic) bond motifs is 2. The normalized spacial score (nSPS) is 11.8. The highest BCUT2D eigenvalue weighted by molar-refractivity contribution is 7.09. The number of amides is 1. The van der Waals surface area contributed by atoms with E-state index in [1.165, 1.54) is 11.3 Å². The second-order valence-electron chi connectivity index (χ2n) is 9.36. The topological polar surface area (TPSA) is 94.2 Å². The molecule has 6 aromatic rings. The quantitative estimate of drug-likeness (QED) is 0.315. The largest absolute Gasteiger partial charge is 0.344 e. The molecule has 0 aliphatic carbocycles. The predicted molar refractivity (Wildman–Crippen MR) is 156 cm³/mol. The monoisotopic (exact) mass is 544 g/mol. The van der Waals surface area contributed by atoms with Gasteiger partial charge in [-0.05, 0) is 62.4 Å². The molecule has 1 amide bonds. The van der Waals surface area contributed by atoms with E-state index in [1.807, 2.05) is 73.8 Å². The van der Waals surface area contributed by atoms with Crippen molar-refractivity contribution in [2.24, 2.45) is 0 Å². The lowest BCUT2D eigenvalue weighted by atomic mass is 10.0. The van der Waals surface area contributed by atoms with Crippen LogP contribution < -0.4 is 10.9 Å². The Kier molecular flexibility index (Phi) is 6.46. The summed E-state index contributed by atoms with van der Waals surface area (Å²) in [6.07, 6.45) is 3.38. The highest BCUT2D eigenvalue weighted by Gasteiger charge is 2.23. The summed E-state index contributed by atoms with van der Waals surface area (Å²) in [4.78, 5) is 36.4. The zero-order chi connectivity index (χ0) is 27.8. The number of pyridine rings is 1. The molecule has 0 saturated carbocycles. The van der Waals surface area contributed by atoms with Crippen molar-refractivity contribution in [2.75, 3.05) is 0 Å². The average Bonchev–Trinajstić information content (AvgIpc) is 3.53. The molecule has 0 bridgehead atoms. The molecule has 2 aromatic carbocycles. The Labute approximate surface area is 234 Å². The number of benzene rings is 2. The molecule has 9 heteroatoms. The molecule has 6 rings (SSSR count). The molecule has 0 unspecified atom stereocenters. The molecule has 0 radical (unpaired) electrons. The second-order valence-corrected chi connectivity index (χ2v) is 10.4. The van der Waals surface area contributed by atoms with Gasteiger partial charge in [0.1, 0.15) is 11.3 Å². The summed E-state index contributed by atoms with van der Waals surface area (Å²) < 4.78 is 3.23. The number of nitrogens with one attached hydrogen (secondary N) is 1. The highest BCUT2D eigenvalue weighted by atomic mass is 32.1. The van der Waals surface area contributed by atoms with E-state index in [9.17, 15) is 9.59 Å². The summed E-state index contributed by atoms with van der Waals surface area (Å²) in [5.74, 6) is 5.93. The second kappa shape index (κ2) is 10.2. The molecule has 0 fully saturated rings. The molecule has 0 spiro atoms. The summed E-state index contributed by atoms with van der Waals surface area (Å²) in [6, 6.07) is 18.2. The van der Waals surface area contributed by atoms with Gasteiger partial charge in [0.15, 0.2) is 5.65 Å². The lowest BCUT2D eigenvalue weighted by Crippen LogP contribution is -2.32. The van der Waals surface area contributed by atoms with Crippen LogP contribution in [0, 0.1) is 25.7 Å². The molecule has 0 aliphatic rings. The highest BCUT2D eigenvalue weighted by Crippen LogP contribution is 2.24. The van der Waals surface area contributed by atoms with Crippen LogP contribution in [0.2, 0.25) is 0 Å². The van der Waals surface area contributed by atoms with Gasteiger partial charge in [0.25, 0.3) is 11.5 Å². The van der Waals surface area contributed by atoms with Crippen molar-refractivity contribution in [1.29, 1.82) is 0 Å². The smallest absolute Gasteiger partial charge is 0.264 e. The van der Waals surface area contributed by atoms with Crippen molar-refractivity contribution in [3.05, 3.63) is 122 Å². The first-order chi connectivity index (χ1) is 19.4. The van der Waals surface area contributed by atoms with Gasteiger partial charge in [0.2, 0.25) is 0 Å². The van der Waals surface area contributed by atoms with E-state index in [0.29, 0.717) is 44.9 Å². The average molecular weight is 545 g/mol. The van der Waals surface area contributed by atoms with Crippen LogP contribution in [0.4, 0.5) is 0 Å². The van der Waals surface area contributed by atoms with Crippen LogP contribution in [0.15, 0.2) is 83.2 Å². The lowest BCUT2D eigenvalue weighted by Gasteiger charge is -2.21. The molecule has 196 valence electrons. The fourth-order valence-corrected chi connectivity index (χ4v) is 5.35. The van der Waals surface area contributed by atoms with Crippen LogP contribution in [-0.4, -0.2) is 30.1 Å². The molecule has 4 heterocycles. The van der Waals surface area contributed by atoms with Gasteiger partial charge in [0.05, 0.1) is 22.1 Å². The van der Waals surface area contributed by atoms with Crippen molar-refractivity contribution in [3.8, 4) is 17.5 Å². The van der Waals surface area contributed by atoms with Crippen molar-refractivity contribution in [1.82, 2.24) is 29.5 Å². The number of aryl methyl sites for hydroxylation is 2. The van der Waals surface area contributed by atoms with Crippen LogP contribution in [0.5, 0.6) is 0 Å². The Balaban J connectivity index is 1.48. The maximum atomic E-state index is 14.2. The van der Waals surface area contributed by atoms with E-state index in [-0.39, 0.29) is 11.5 Å². The number of nitrogens with zero attached hydrogens (tertiary/aromatic N) is 5. The molecular formula is C31H24N6O2S. The molecular weight excluding hydrogens is 520 g/mol. The summed E-state index contributed by atoms with van der Waals surface area (Å²) in [5, 5.41) is 11.6. The van der Waals surface area contributed by atoms with Gasteiger partial charge in [-0.1, -0.05) is 36.3 Å². The number of thiazole rings is 1. The Bertz CT molecular complexity index is 2030. The minimum absolute atomic E-state index is 0.215. The molecule has 4 aromatic heterocycles. The van der Waals surface area contributed by atoms with E-state index in [2.05, 4.69) is 32.2 Å². The van der Waals surface area contributed by atoms with Gasteiger partial charge in [0, 0.05) is 34.7 Å². The number of rotatable bonds is 4. The van der Waals surface area contributed by atoms with Crippen LogP contribution in [0.25, 0.3) is 22.1 Å². The van der Waals surface area contributed by atoms with Crippen molar-refractivity contribution in [2.45, 2.75) is 26.8 Å². The fourth-order valence-electron chi connectivity index (χ4n) is 4.81. The molecule has 0 saturated heterocycles. The van der Waals surface area contributed by atoms with Gasteiger partial charge >= 0.3 is 0 Å². The maximum absolute atomic E-state index is 14.2. The SMILES string of the molecule is Cc1nc(C#Cc2cccc3cc([C@@H](C)NC(=O)c4c(C)nn5cccnc45)n(-c4ccccc4)c(=O)c23)cs1. The van der Waals surface area contributed by atoms with Crippen LogP contribution in [-0.2, 0) is 0 Å². The van der Waals surface area contributed by atoms with E-state index >= 15 is 0 Å². The molecule has 1 atom stereocenters. The fraction of sp³-hybridized carbons (Fsp3) is 0.129. The van der Waals surface area contributed by atoms with E-state index in [0.717, 1.165) is 10.4 Å². The van der Waals surface area contributed by atoms with Gasteiger partial charge < -0.3 is 5.32 Å². The van der Waals surface area contributed by atoms with Crippen LogP contribution in [0.1, 0.15) is 51.0 Å². The number of carbonyl (C=O) groups excluding carboxylic acids is 1. The van der Waals surface area contributed by atoms with Crippen molar-refractivity contribution in [3.63, 3.8) is 0 Å². The van der Waals surface area contributed by atoms with Gasteiger partial charge in [-0.2, -0.15) is 5.10 Å². The first-order valence-electron chi connectivity index (χ1n) is 12.7. The standard InChI is InChI=1S/C31H24N6O2S/c1-19(33-30(38)27-20(2)35-36-16-8-15-32-29(27)36)26-17-23-10-7-9-22(13-14-24-18-40-21(3)34-24)28(23)31(39)37(26)25-11-5-4-6-12-25/h4-12,15-19H,1-3H3,(H,33,38)/t19-/m1/s1. The van der Waals surface area contributed by atoms with E-state index < -0.39 is 6.04 Å². The number of hydrogen-bond donors (Lipinski definition) is 1. The summed E-state index contributed by atoms with van der Waals surface area (Å²) in [5.41, 5.74) is 3.85. The lowest BCUT2D eigenvalue weighted by molar-refractivity contribution is 0.0939. The summed E-state index contributed by atoms with van der Waals surface area (Å²) in [7, 11) is 0. The van der Waals surface area contributed by atoms with Crippen molar-refractivity contribution >= 4 is 33.7 Å². The molecule has 0 aliphatic heterocycles.